The number of carbonyl (C=O) groups is 7. The molecule has 318 valence electrons. The highest BCUT2D eigenvalue weighted by Gasteiger charge is 2.40. The first-order valence-corrected chi connectivity index (χ1v) is 20.3. The summed E-state index contributed by atoms with van der Waals surface area (Å²) in [5, 5.41) is 23.4. The number of carbonyl (C=O) groups excluding carboxylic acids is 6. The molecule has 8 N–H and O–H groups in total. The van der Waals surface area contributed by atoms with E-state index in [0.29, 0.717) is 31.2 Å². The van der Waals surface area contributed by atoms with Crippen molar-refractivity contribution < 1.29 is 38.7 Å². The van der Waals surface area contributed by atoms with Gasteiger partial charge in [0.1, 0.15) is 36.3 Å². The van der Waals surface area contributed by atoms with Crippen LogP contribution in [0.15, 0.2) is 60.7 Å². The third-order valence-electron chi connectivity index (χ3n) is 10.5. The van der Waals surface area contributed by atoms with Crippen LogP contribution in [0.4, 0.5) is 0 Å². The Hall–Kier alpha value is -5.31. The van der Waals surface area contributed by atoms with E-state index in [4.69, 9.17) is 5.73 Å². The summed E-state index contributed by atoms with van der Waals surface area (Å²) in [7, 11) is 0. The van der Waals surface area contributed by atoms with E-state index in [9.17, 15) is 38.7 Å². The smallest absolute Gasteiger partial charge is 0.326 e. The number of carboxylic acid groups (broad SMARTS) is 1. The summed E-state index contributed by atoms with van der Waals surface area (Å²) in [4.78, 5) is 95.4. The molecule has 0 aliphatic carbocycles. The van der Waals surface area contributed by atoms with Crippen molar-refractivity contribution in [2.75, 3.05) is 6.54 Å². The van der Waals surface area contributed by atoms with Crippen molar-refractivity contribution in [2.45, 2.75) is 129 Å². The number of nitrogens with zero attached hydrogens (tertiary/aromatic N) is 1. The Morgan fingerprint density at radius 3 is 1.78 bits per heavy atom. The molecule has 3 rings (SSSR count). The van der Waals surface area contributed by atoms with Crippen molar-refractivity contribution in [1.29, 1.82) is 0 Å². The Balaban J connectivity index is 1.79. The highest BCUT2D eigenvalue weighted by molar-refractivity contribution is 5.97. The molecule has 6 amide bonds. The molecule has 1 saturated heterocycles. The third kappa shape index (κ3) is 14.0. The Labute approximate surface area is 342 Å². The van der Waals surface area contributed by atoms with Gasteiger partial charge >= 0.3 is 5.97 Å². The summed E-state index contributed by atoms with van der Waals surface area (Å²) >= 11 is 0. The molecule has 58 heavy (non-hydrogen) atoms. The standard InChI is InChI=1S/C43H63N7O8/c1-8-27(6)36(41(55)45-28(7)37(51)48-33(43(57)58)24-30-18-13-10-14-19-30)49-38(52)31(23-29-16-11-9-12-17-29)46-39(53)34-20-15-21-50(34)42(56)32(22-25(2)3)47-40(54)35(44)26(4)5/h9-14,16-19,25-28,31-36H,8,15,20-24,44H2,1-7H3,(H,45,55)(H,46,53)(H,47,54)(H,48,51)(H,49,52)(H,57,58)/t27-,28-,31-,32-,33-,34-,35-,36-/m0/s1. The Kier molecular flexibility index (Phi) is 18.3. The van der Waals surface area contributed by atoms with Gasteiger partial charge in [-0.3, -0.25) is 28.8 Å². The number of hydrogen-bond acceptors (Lipinski definition) is 8. The largest absolute Gasteiger partial charge is 0.480 e. The van der Waals surface area contributed by atoms with Crippen molar-refractivity contribution in [3.63, 3.8) is 0 Å². The number of nitrogens with two attached hydrogens (primary N) is 1. The lowest BCUT2D eigenvalue weighted by Gasteiger charge is -2.32. The van der Waals surface area contributed by atoms with Gasteiger partial charge < -0.3 is 42.3 Å². The topological polar surface area (TPSA) is 229 Å². The lowest BCUT2D eigenvalue weighted by atomic mass is 9.96. The van der Waals surface area contributed by atoms with Gasteiger partial charge in [0.2, 0.25) is 35.4 Å². The predicted molar refractivity (Wildman–Crippen MR) is 220 cm³/mol. The summed E-state index contributed by atoms with van der Waals surface area (Å²) in [6, 6.07) is 10.6. The Bertz CT molecular complexity index is 1710. The van der Waals surface area contributed by atoms with Crippen molar-refractivity contribution in [2.24, 2.45) is 23.5 Å². The van der Waals surface area contributed by atoms with Gasteiger partial charge in [0.05, 0.1) is 6.04 Å². The first-order valence-electron chi connectivity index (χ1n) is 20.3. The minimum absolute atomic E-state index is 0.0392. The second-order valence-electron chi connectivity index (χ2n) is 16.1. The lowest BCUT2D eigenvalue weighted by Crippen LogP contribution is -2.60. The summed E-state index contributed by atoms with van der Waals surface area (Å²) in [5.74, 6) is -5.15. The molecule has 1 aliphatic rings. The Morgan fingerprint density at radius 1 is 0.707 bits per heavy atom. The van der Waals surface area contributed by atoms with Crippen LogP contribution < -0.4 is 32.3 Å². The fraction of sp³-hybridized carbons (Fsp3) is 0.558. The summed E-state index contributed by atoms with van der Waals surface area (Å²) in [6.45, 7) is 12.8. The SMILES string of the molecule is CC[C@H](C)[C@H](NC(=O)[C@H](Cc1ccccc1)NC(=O)[C@@H]1CCCN1C(=O)[C@H](CC(C)C)NC(=O)[C@@H](N)C(C)C)C(=O)N[C@@H](C)C(=O)N[C@@H](Cc1ccccc1)C(=O)O. The van der Waals surface area contributed by atoms with Gasteiger partial charge in [-0.2, -0.15) is 0 Å². The maximum absolute atomic E-state index is 14.1. The van der Waals surface area contributed by atoms with Crippen LogP contribution in [0.25, 0.3) is 0 Å². The average Bonchev–Trinajstić information content (AvgIpc) is 3.69. The van der Waals surface area contributed by atoms with E-state index < -0.39 is 89.6 Å². The number of carboxylic acids is 1. The maximum Gasteiger partial charge on any atom is 0.326 e. The Morgan fingerprint density at radius 2 is 1.26 bits per heavy atom. The van der Waals surface area contributed by atoms with Gasteiger partial charge in [0, 0.05) is 19.4 Å². The van der Waals surface area contributed by atoms with Crippen molar-refractivity contribution >= 4 is 41.4 Å². The van der Waals surface area contributed by atoms with E-state index >= 15 is 0 Å². The molecule has 8 atom stereocenters. The molecule has 1 fully saturated rings. The van der Waals surface area contributed by atoms with Crippen LogP contribution in [-0.2, 0) is 46.4 Å². The van der Waals surface area contributed by atoms with E-state index in [1.165, 1.54) is 11.8 Å². The predicted octanol–water partition coefficient (Wildman–Crippen LogP) is 2.07. The molecule has 15 nitrogen and oxygen atoms in total. The first kappa shape index (κ1) is 47.1. The third-order valence-corrected chi connectivity index (χ3v) is 10.5. The van der Waals surface area contributed by atoms with Crippen LogP contribution in [0.5, 0.6) is 0 Å². The minimum atomic E-state index is -1.24. The molecule has 0 radical (unpaired) electrons. The maximum atomic E-state index is 14.1. The van der Waals surface area contributed by atoms with Crippen LogP contribution in [-0.4, -0.2) is 100 Å². The van der Waals surface area contributed by atoms with Gasteiger partial charge in [0.15, 0.2) is 0 Å². The molecule has 1 heterocycles. The van der Waals surface area contributed by atoms with E-state index in [1.807, 2.05) is 40.7 Å². The number of aliphatic carboxylic acids is 1. The molecule has 0 spiro atoms. The van der Waals surface area contributed by atoms with Crippen molar-refractivity contribution in [3.8, 4) is 0 Å². The normalized spacial score (nSPS) is 17.6. The number of rotatable bonds is 21. The van der Waals surface area contributed by atoms with Crippen LogP contribution in [0.2, 0.25) is 0 Å². The van der Waals surface area contributed by atoms with Crippen LogP contribution in [0.3, 0.4) is 0 Å². The number of nitrogens with one attached hydrogen (secondary N) is 5. The summed E-state index contributed by atoms with van der Waals surface area (Å²) < 4.78 is 0. The molecule has 0 bridgehead atoms. The van der Waals surface area contributed by atoms with Gasteiger partial charge in [-0.15, -0.1) is 0 Å². The highest BCUT2D eigenvalue weighted by atomic mass is 16.4. The van der Waals surface area contributed by atoms with E-state index in [2.05, 4.69) is 26.6 Å². The molecule has 0 saturated carbocycles. The van der Waals surface area contributed by atoms with Crippen LogP contribution in [0.1, 0.15) is 85.3 Å². The first-order chi connectivity index (χ1) is 27.4. The molecule has 2 aromatic carbocycles. The summed E-state index contributed by atoms with van der Waals surface area (Å²) in [6.07, 6.45) is 1.81. The fourth-order valence-corrected chi connectivity index (χ4v) is 6.76. The molecule has 0 unspecified atom stereocenters. The van der Waals surface area contributed by atoms with Gasteiger partial charge in [-0.25, -0.2) is 4.79 Å². The number of amides is 6. The second kappa shape index (κ2) is 22.6. The zero-order valence-electron chi connectivity index (χ0n) is 34.8. The van der Waals surface area contributed by atoms with Gasteiger partial charge in [0.25, 0.3) is 0 Å². The number of benzene rings is 2. The van der Waals surface area contributed by atoms with Crippen molar-refractivity contribution in [3.05, 3.63) is 71.8 Å². The second-order valence-corrected chi connectivity index (χ2v) is 16.1. The molecular formula is C43H63N7O8. The van der Waals surface area contributed by atoms with E-state index in [0.717, 1.165) is 5.56 Å². The lowest BCUT2D eigenvalue weighted by molar-refractivity contribution is -0.143. The average molecular weight is 806 g/mol. The molecule has 0 aromatic heterocycles. The highest BCUT2D eigenvalue weighted by Crippen LogP contribution is 2.21. The quantitative estimate of drug-likeness (QED) is 0.0979. The monoisotopic (exact) mass is 805 g/mol. The van der Waals surface area contributed by atoms with Gasteiger partial charge in [-0.1, -0.05) is 109 Å². The minimum Gasteiger partial charge on any atom is -0.480 e. The molecular weight excluding hydrogens is 743 g/mol. The van der Waals surface area contributed by atoms with Crippen LogP contribution in [0, 0.1) is 17.8 Å². The number of likely N-dealkylation sites (tertiary alicyclic amines) is 1. The van der Waals surface area contributed by atoms with E-state index in [1.54, 1.807) is 61.5 Å². The van der Waals surface area contributed by atoms with E-state index in [-0.39, 0.29) is 31.2 Å². The fourth-order valence-electron chi connectivity index (χ4n) is 6.76. The summed E-state index contributed by atoms with van der Waals surface area (Å²) in [5.41, 5.74) is 7.53. The zero-order chi connectivity index (χ0) is 43.1. The van der Waals surface area contributed by atoms with Gasteiger partial charge in [-0.05, 0) is 55.1 Å². The van der Waals surface area contributed by atoms with Crippen molar-refractivity contribution in [1.82, 2.24) is 31.5 Å². The zero-order valence-corrected chi connectivity index (χ0v) is 34.8. The molecule has 2 aromatic rings. The molecule has 1 aliphatic heterocycles. The number of hydrogen-bond donors (Lipinski definition) is 7. The van der Waals surface area contributed by atoms with Crippen LogP contribution >= 0.6 is 0 Å². The molecule has 15 heteroatoms.